The van der Waals surface area contributed by atoms with E-state index in [1.807, 2.05) is 0 Å². The molecule has 2 fully saturated rings. The van der Waals surface area contributed by atoms with E-state index in [1.165, 1.54) is 21.7 Å². The van der Waals surface area contributed by atoms with Crippen LogP contribution in [0.3, 0.4) is 0 Å². The van der Waals surface area contributed by atoms with Crippen molar-refractivity contribution in [1.82, 2.24) is 29.7 Å². The maximum absolute atomic E-state index is 15.6. The Morgan fingerprint density at radius 1 is 1.12 bits per heavy atom. The number of primary amides is 1. The molecule has 2 aromatic carbocycles. The predicted molar refractivity (Wildman–Crippen MR) is 202 cm³/mol. The number of hydrogen-bond acceptors (Lipinski definition) is 11. The summed E-state index contributed by atoms with van der Waals surface area (Å²) in [5.41, 5.74) is 2.49. The maximum atomic E-state index is 15.6. The third-order valence-electron chi connectivity index (χ3n) is 10.1. The number of nitrogens with one attached hydrogen (secondary N) is 1. The molecule has 304 valence electrons. The Bertz CT molecular complexity index is 2600. The second kappa shape index (κ2) is 14.5. The first-order valence-electron chi connectivity index (χ1n) is 18.3. The average molecular weight is 830 g/mol. The zero-order chi connectivity index (χ0) is 42.0. The van der Waals surface area contributed by atoms with Crippen molar-refractivity contribution >= 4 is 35.0 Å². The van der Waals surface area contributed by atoms with Gasteiger partial charge in [0, 0.05) is 48.3 Å². The molecule has 3 atom stereocenters. The minimum absolute atomic E-state index is 0.0709. The smallest absolute Gasteiger partial charge is 0.283 e. The topological polar surface area (TPSA) is 202 Å². The fourth-order valence-corrected chi connectivity index (χ4v) is 8.02. The highest BCUT2D eigenvalue weighted by molar-refractivity contribution is 7.14. The molecule has 5 N–H and O–H groups in total. The van der Waals surface area contributed by atoms with Crippen LogP contribution in [-0.4, -0.2) is 115 Å². The van der Waals surface area contributed by atoms with Gasteiger partial charge in [0.15, 0.2) is 11.2 Å². The van der Waals surface area contributed by atoms with Crippen LogP contribution in [0.4, 0.5) is 13.2 Å². The van der Waals surface area contributed by atoms with Gasteiger partial charge >= 0.3 is 0 Å². The molecule has 4 aromatic rings. The molecule has 0 bridgehead atoms. The van der Waals surface area contributed by atoms with Crippen molar-refractivity contribution in [3.05, 3.63) is 69.1 Å². The lowest BCUT2D eigenvalue weighted by Crippen LogP contribution is -2.62. The first-order chi connectivity index (χ1) is 27.9. The number of aliphatic hydroxyl groups is 2. The average Bonchev–Trinajstić information content (AvgIpc) is 3.72. The number of carbonyl (C=O) groups is 4. The van der Waals surface area contributed by atoms with Gasteiger partial charge in [0.2, 0.25) is 11.2 Å². The van der Waals surface area contributed by atoms with E-state index in [0.717, 1.165) is 34.1 Å². The summed E-state index contributed by atoms with van der Waals surface area (Å²) in [6, 6.07) is 7.31. The Kier molecular flexibility index (Phi) is 9.65. The van der Waals surface area contributed by atoms with Gasteiger partial charge in [-0.1, -0.05) is 23.7 Å². The monoisotopic (exact) mass is 829 g/mol. The largest absolute Gasteiger partial charge is 0.493 e. The van der Waals surface area contributed by atoms with E-state index in [2.05, 4.69) is 39.0 Å². The number of rotatable bonds is 4. The summed E-state index contributed by atoms with van der Waals surface area (Å²) < 4.78 is 55.8. The van der Waals surface area contributed by atoms with Crippen molar-refractivity contribution in [1.29, 1.82) is 0 Å². The SMILES string of the molecule is CN1CCCC(O)(C#Cc2ccc3c(c2)-c2nc(C(=O)NC4Cn5cc(C(N)=O)nc5-c5cc(C#CC(C)(O)C(=O)N6CC(F)(F)C6)c(F)cc5O4)sc2CCO3)C1=O. The quantitative estimate of drug-likeness (QED) is 0.220. The van der Waals surface area contributed by atoms with Gasteiger partial charge in [0.25, 0.3) is 29.6 Å². The van der Waals surface area contributed by atoms with Crippen LogP contribution in [0.25, 0.3) is 22.6 Å². The molecule has 3 unspecified atom stereocenters. The van der Waals surface area contributed by atoms with Crippen molar-refractivity contribution < 1.29 is 52.0 Å². The Hall–Kier alpha value is -6.41. The zero-order valence-electron chi connectivity index (χ0n) is 31.4. The van der Waals surface area contributed by atoms with E-state index in [4.69, 9.17) is 15.2 Å². The van der Waals surface area contributed by atoms with Crippen molar-refractivity contribution in [2.24, 2.45) is 5.73 Å². The van der Waals surface area contributed by atoms with E-state index in [0.29, 0.717) is 48.6 Å². The molecule has 4 amide bonds. The summed E-state index contributed by atoms with van der Waals surface area (Å²) >= 11 is 1.13. The van der Waals surface area contributed by atoms with Crippen LogP contribution >= 0.6 is 11.3 Å². The number of likely N-dealkylation sites (N-methyl/N-ethyl adjacent to an activating group) is 1. The van der Waals surface area contributed by atoms with Gasteiger partial charge in [-0.15, -0.1) is 11.3 Å². The van der Waals surface area contributed by atoms with Crippen LogP contribution in [0.1, 0.15) is 56.1 Å². The van der Waals surface area contributed by atoms with Crippen LogP contribution in [0, 0.1) is 29.5 Å². The molecule has 0 spiro atoms. The Morgan fingerprint density at radius 3 is 2.64 bits per heavy atom. The minimum atomic E-state index is -3.07. The lowest BCUT2D eigenvalue weighted by molar-refractivity contribution is -0.176. The zero-order valence-corrected chi connectivity index (χ0v) is 32.2. The number of aromatic nitrogens is 3. The summed E-state index contributed by atoms with van der Waals surface area (Å²) in [6.45, 7) is -0.0448. The number of likely N-dealkylation sites (tertiary alicyclic amines) is 2. The second-order valence-corrected chi connectivity index (χ2v) is 15.8. The molecule has 8 rings (SSSR count). The molecule has 19 heteroatoms. The summed E-state index contributed by atoms with van der Waals surface area (Å²) in [5.74, 6) is 3.76. The first kappa shape index (κ1) is 39.4. The van der Waals surface area contributed by atoms with E-state index < -0.39 is 65.9 Å². The van der Waals surface area contributed by atoms with E-state index in [9.17, 15) is 38.2 Å². The lowest BCUT2D eigenvalue weighted by atomic mass is 9.92. The Labute approximate surface area is 337 Å². The predicted octanol–water partition coefficient (Wildman–Crippen LogP) is 1.91. The molecular weight excluding hydrogens is 796 g/mol. The number of benzene rings is 2. The number of nitrogens with zero attached hydrogens (tertiary/aromatic N) is 5. The normalized spacial score (nSPS) is 21.0. The van der Waals surface area contributed by atoms with Crippen LogP contribution in [-0.2, 0) is 22.6 Å². The van der Waals surface area contributed by atoms with Crippen LogP contribution in [0.5, 0.6) is 11.5 Å². The van der Waals surface area contributed by atoms with E-state index >= 15 is 4.39 Å². The van der Waals surface area contributed by atoms with Crippen molar-refractivity contribution in [3.63, 3.8) is 0 Å². The number of hydrogen-bond donors (Lipinski definition) is 4. The van der Waals surface area contributed by atoms with Gasteiger partial charge in [0.1, 0.15) is 28.8 Å². The van der Waals surface area contributed by atoms with Gasteiger partial charge in [-0.2, -0.15) is 0 Å². The van der Waals surface area contributed by atoms with Crippen LogP contribution in [0.2, 0.25) is 0 Å². The third-order valence-corrected chi connectivity index (χ3v) is 11.2. The summed E-state index contributed by atoms with van der Waals surface area (Å²) in [5, 5.41) is 24.5. The highest BCUT2D eigenvalue weighted by Gasteiger charge is 2.50. The van der Waals surface area contributed by atoms with E-state index in [1.54, 1.807) is 25.2 Å². The number of thiazole rings is 1. The number of alkyl halides is 2. The third kappa shape index (κ3) is 7.55. The van der Waals surface area contributed by atoms with Gasteiger partial charge in [0.05, 0.1) is 43.1 Å². The fraction of sp³-hybridized carbons (Fsp3) is 0.350. The van der Waals surface area contributed by atoms with Gasteiger partial charge in [-0.25, -0.2) is 23.1 Å². The number of piperidine rings is 1. The van der Waals surface area contributed by atoms with Crippen molar-refractivity contribution in [3.8, 4) is 57.8 Å². The Balaban J connectivity index is 1.06. The lowest BCUT2D eigenvalue weighted by Gasteiger charge is -2.40. The van der Waals surface area contributed by atoms with Crippen LogP contribution < -0.4 is 20.5 Å². The first-order valence-corrected chi connectivity index (χ1v) is 19.1. The molecule has 15 nitrogen and oxygen atoms in total. The van der Waals surface area contributed by atoms with Crippen molar-refractivity contribution in [2.45, 2.75) is 56.1 Å². The maximum Gasteiger partial charge on any atom is 0.283 e. The number of ether oxygens (including phenoxy) is 2. The van der Waals surface area contributed by atoms with Gasteiger partial charge in [-0.3, -0.25) is 19.2 Å². The number of imidazole rings is 1. The van der Waals surface area contributed by atoms with Gasteiger partial charge < -0.3 is 45.1 Å². The van der Waals surface area contributed by atoms with Gasteiger partial charge in [-0.05, 0) is 44.0 Å². The highest BCUT2D eigenvalue weighted by atomic mass is 32.1. The number of amides is 4. The summed E-state index contributed by atoms with van der Waals surface area (Å²) in [7, 11) is 1.61. The molecule has 0 aliphatic carbocycles. The number of fused-ring (bicyclic) bond motifs is 6. The Morgan fingerprint density at radius 2 is 1.90 bits per heavy atom. The molecule has 2 saturated heterocycles. The van der Waals surface area contributed by atoms with Crippen LogP contribution in [0.15, 0.2) is 36.5 Å². The highest BCUT2D eigenvalue weighted by Crippen LogP contribution is 2.39. The number of nitrogens with two attached hydrogens (primary N) is 1. The molecular formula is C40H34F3N7O8S. The molecule has 6 heterocycles. The van der Waals surface area contributed by atoms with Crippen molar-refractivity contribution in [2.75, 3.05) is 33.3 Å². The molecule has 4 aliphatic rings. The number of halogens is 3. The standard InChI is InChI=1S/C40H34F3N7O8S/c1-38(55,36(53)50-19-40(42,43)20-50)10-7-22-15-24-28(16-25(22)41)58-30(18-49-17-26(32(44)51)45-33(24)49)46-34(52)35-47-31-23-14-21(4-5-27(23)57-13-8-29(31)59-35)6-11-39(56)9-3-12-48(2)37(39)54/h4-5,14-17,30,55-56H,3,8-9,12-13,18-20H2,1-2H3,(H2,44,51)(H,46,52). The summed E-state index contributed by atoms with van der Waals surface area (Å²) in [4.78, 5) is 63.2. The molecule has 2 aromatic heterocycles. The molecule has 4 aliphatic heterocycles. The minimum Gasteiger partial charge on any atom is -0.493 e. The second-order valence-electron chi connectivity index (χ2n) is 14.8. The molecule has 59 heavy (non-hydrogen) atoms. The molecule has 0 radical (unpaired) electrons. The fourth-order valence-electron chi connectivity index (χ4n) is 7.06. The van der Waals surface area contributed by atoms with E-state index in [-0.39, 0.29) is 46.4 Å². The molecule has 0 saturated carbocycles. The number of carbonyl (C=O) groups excluding carboxylic acids is 4. The summed E-state index contributed by atoms with van der Waals surface area (Å²) in [6.07, 6.45) is 1.41.